The molecule has 0 amide bonds. The monoisotopic (exact) mass is 147 g/mol. The summed E-state index contributed by atoms with van der Waals surface area (Å²) < 4.78 is 9.72. The van der Waals surface area contributed by atoms with Crippen LogP contribution in [-0.2, 0) is 14.6 Å². The third-order valence-electron chi connectivity index (χ3n) is 0.989. The van der Waals surface area contributed by atoms with E-state index in [4.69, 9.17) is 9.47 Å². The third-order valence-corrected chi connectivity index (χ3v) is 0.989. The van der Waals surface area contributed by atoms with Crippen molar-refractivity contribution in [3.05, 3.63) is 0 Å². The summed E-state index contributed by atoms with van der Waals surface area (Å²) in [5, 5.41) is 10.6. The molecule has 0 N–H and O–H groups in total. The summed E-state index contributed by atoms with van der Waals surface area (Å²) in [5.41, 5.74) is 0. The van der Waals surface area contributed by atoms with Crippen molar-refractivity contribution in [2.24, 2.45) is 0 Å². The van der Waals surface area contributed by atoms with Gasteiger partial charge in [0.25, 0.3) is 0 Å². The van der Waals surface area contributed by atoms with E-state index in [1.54, 1.807) is 6.92 Å². The van der Waals surface area contributed by atoms with Crippen LogP contribution in [0.2, 0.25) is 0 Å². The second kappa shape index (κ2) is 5.65. The second-order valence-corrected chi connectivity index (χ2v) is 2.34. The molecule has 1 radical (unpaired) electrons. The third kappa shape index (κ3) is 6.01. The lowest BCUT2D eigenvalue weighted by molar-refractivity contribution is -0.203. The summed E-state index contributed by atoms with van der Waals surface area (Å²) in [6, 6.07) is 0. The van der Waals surface area contributed by atoms with Crippen molar-refractivity contribution in [3.63, 3.8) is 0 Å². The van der Waals surface area contributed by atoms with Gasteiger partial charge < -0.3 is 9.47 Å². The Morgan fingerprint density at radius 3 is 2.30 bits per heavy atom. The van der Waals surface area contributed by atoms with E-state index in [1.807, 2.05) is 13.8 Å². The van der Waals surface area contributed by atoms with Gasteiger partial charge in [0.15, 0.2) is 6.29 Å². The summed E-state index contributed by atoms with van der Waals surface area (Å²) in [6.07, 6.45) is -0.315. The van der Waals surface area contributed by atoms with E-state index in [9.17, 15) is 5.11 Å². The van der Waals surface area contributed by atoms with Gasteiger partial charge >= 0.3 is 0 Å². The quantitative estimate of drug-likeness (QED) is 0.553. The number of hydrogen-bond donors (Lipinski definition) is 0. The Hall–Kier alpha value is -0.120. The Kier molecular flexibility index (Phi) is 5.58. The Bertz CT molecular complexity index is 73.3. The molecule has 0 aromatic rings. The van der Waals surface area contributed by atoms with Crippen molar-refractivity contribution in [1.82, 2.24) is 0 Å². The highest BCUT2D eigenvalue weighted by Crippen LogP contribution is 1.95. The maximum Gasteiger partial charge on any atom is 0.193 e. The molecule has 0 aliphatic heterocycles. The molecular weight excluding hydrogens is 132 g/mol. The van der Waals surface area contributed by atoms with E-state index in [-0.39, 0.29) is 12.9 Å². The maximum atomic E-state index is 10.6. The molecule has 0 aromatic heterocycles. The molecule has 0 heterocycles. The van der Waals surface area contributed by atoms with Crippen LogP contribution in [0, 0.1) is 0 Å². The Balaban J connectivity index is 3.03. The van der Waals surface area contributed by atoms with E-state index in [2.05, 4.69) is 0 Å². The zero-order valence-electron chi connectivity index (χ0n) is 6.79. The number of rotatable bonds is 5. The largest absolute Gasteiger partial charge is 0.353 e. The van der Waals surface area contributed by atoms with Crippen LogP contribution in [0.15, 0.2) is 0 Å². The van der Waals surface area contributed by atoms with Crippen LogP contribution in [0.25, 0.3) is 0 Å². The Labute approximate surface area is 62.0 Å². The van der Waals surface area contributed by atoms with Gasteiger partial charge in [-0.2, -0.15) is 0 Å². The molecule has 0 saturated heterocycles. The normalized spacial score (nSPS) is 14.1. The van der Waals surface area contributed by atoms with Crippen LogP contribution >= 0.6 is 0 Å². The van der Waals surface area contributed by atoms with Gasteiger partial charge in [-0.05, 0) is 20.3 Å². The van der Waals surface area contributed by atoms with Crippen molar-refractivity contribution in [2.75, 3.05) is 6.79 Å². The van der Waals surface area contributed by atoms with E-state index in [1.165, 1.54) is 0 Å². The molecule has 0 aliphatic carbocycles. The van der Waals surface area contributed by atoms with Crippen molar-refractivity contribution < 1.29 is 14.6 Å². The van der Waals surface area contributed by atoms with Gasteiger partial charge in [0.1, 0.15) is 6.79 Å². The van der Waals surface area contributed by atoms with Gasteiger partial charge in [0, 0.05) is 0 Å². The van der Waals surface area contributed by atoms with Crippen LogP contribution in [0.5, 0.6) is 0 Å². The van der Waals surface area contributed by atoms with Crippen molar-refractivity contribution >= 4 is 0 Å². The van der Waals surface area contributed by atoms with Crippen molar-refractivity contribution in [3.8, 4) is 0 Å². The van der Waals surface area contributed by atoms with Gasteiger partial charge in [0.2, 0.25) is 0 Å². The van der Waals surface area contributed by atoms with Crippen LogP contribution in [0.1, 0.15) is 27.2 Å². The summed E-state index contributed by atoms with van der Waals surface area (Å²) in [6.45, 7) is 5.69. The van der Waals surface area contributed by atoms with Gasteiger partial charge in [0.05, 0.1) is 6.10 Å². The minimum absolute atomic E-state index is 0.111. The zero-order chi connectivity index (χ0) is 7.98. The summed E-state index contributed by atoms with van der Waals surface area (Å²) in [4.78, 5) is 0. The van der Waals surface area contributed by atoms with Crippen LogP contribution in [0.3, 0.4) is 0 Å². The lowest BCUT2D eigenvalue weighted by atomic mass is 10.5. The molecule has 3 heteroatoms. The fourth-order valence-corrected chi connectivity index (χ4v) is 0.369. The van der Waals surface area contributed by atoms with Crippen molar-refractivity contribution in [2.45, 2.75) is 39.6 Å². The average Bonchev–Trinajstić information content (AvgIpc) is 1.87. The lowest BCUT2D eigenvalue weighted by Gasteiger charge is -2.09. The molecular formula is C7H15O3. The fraction of sp³-hybridized carbons (Fsp3) is 1.00. The molecule has 0 fully saturated rings. The van der Waals surface area contributed by atoms with Crippen LogP contribution in [0.4, 0.5) is 0 Å². The second-order valence-electron chi connectivity index (χ2n) is 2.34. The molecule has 1 atom stereocenters. The Morgan fingerprint density at radius 2 is 1.90 bits per heavy atom. The number of ether oxygens (including phenoxy) is 2. The van der Waals surface area contributed by atoms with Crippen LogP contribution in [-0.4, -0.2) is 19.2 Å². The average molecular weight is 147 g/mol. The SMILES string of the molecule is CCC([O])OCOC(C)C. The minimum atomic E-state index is -0.932. The zero-order valence-corrected chi connectivity index (χ0v) is 6.79. The van der Waals surface area contributed by atoms with E-state index in [0.29, 0.717) is 6.42 Å². The summed E-state index contributed by atoms with van der Waals surface area (Å²) >= 11 is 0. The molecule has 0 aliphatic rings. The lowest BCUT2D eigenvalue weighted by Crippen LogP contribution is -2.14. The first-order valence-electron chi connectivity index (χ1n) is 3.55. The van der Waals surface area contributed by atoms with E-state index in [0.717, 1.165) is 0 Å². The van der Waals surface area contributed by atoms with Crippen molar-refractivity contribution in [1.29, 1.82) is 0 Å². The van der Waals surface area contributed by atoms with E-state index >= 15 is 0 Å². The van der Waals surface area contributed by atoms with Gasteiger partial charge in [-0.1, -0.05) is 6.92 Å². The first kappa shape index (κ1) is 9.88. The molecule has 0 saturated carbocycles. The maximum absolute atomic E-state index is 10.6. The van der Waals surface area contributed by atoms with E-state index < -0.39 is 6.29 Å². The molecule has 1 unspecified atom stereocenters. The molecule has 0 spiro atoms. The van der Waals surface area contributed by atoms with Gasteiger partial charge in [-0.15, -0.1) is 0 Å². The molecule has 0 rings (SSSR count). The number of hydrogen-bond acceptors (Lipinski definition) is 2. The van der Waals surface area contributed by atoms with Gasteiger partial charge in [-0.3, -0.25) is 0 Å². The molecule has 61 valence electrons. The highest BCUT2D eigenvalue weighted by atomic mass is 16.7. The Morgan fingerprint density at radius 1 is 1.30 bits per heavy atom. The highest BCUT2D eigenvalue weighted by molar-refractivity contribution is 4.33. The standard InChI is InChI=1S/C7H15O3/c1-4-7(8)10-5-9-6(2)3/h6-7H,4-5H2,1-3H3. The predicted octanol–water partition coefficient (Wildman–Crippen LogP) is 1.55. The highest BCUT2D eigenvalue weighted by Gasteiger charge is 2.01. The smallest absolute Gasteiger partial charge is 0.193 e. The van der Waals surface area contributed by atoms with Gasteiger partial charge in [-0.25, -0.2) is 5.11 Å². The minimum Gasteiger partial charge on any atom is -0.353 e. The predicted molar refractivity (Wildman–Crippen MR) is 36.9 cm³/mol. The molecule has 10 heavy (non-hydrogen) atoms. The first-order valence-corrected chi connectivity index (χ1v) is 3.55. The molecule has 0 aromatic carbocycles. The fourth-order valence-electron chi connectivity index (χ4n) is 0.369. The molecule has 3 nitrogen and oxygen atoms in total. The first-order chi connectivity index (χ1) is 4.66. The summed E-state index contributed by atoms with van der Waals surface area (Å²) in [5.74, 6) is 0. The topological polar surface area (TPSA) is 38.4 Å². The molecule has 0 bridgehead atoms. The van der Waals surface area contributed by atoms with Crippen LogP contribution < -0.4 is 0 Å². The summed E-state index contributed by atoms with van der Waals surface area (Å²) in [7, 11) is 0.